The Morgan fingerprint density at radius 3 is 2.48 bits per heavy atom. The zero-order chi connectivity index (χ0) is 15.6. The van der Waals surface area contributed by atoms with Crippen molar-refractivity contribution in [3.8, 4) is 0 Å². The topological polar surface area (TPSA) is 145 Å². The number of nitrogens with zero attached hydrogens (tertiary/aromatic N) is 1. The van der Waals surface area contributed by atoms with Gasteiger partial charge >= 0.3 is 0 Å². The molecule has 0 aliphatic carbocycles. The Labute approximate surface area is 119 Å². The highest BCUT2D eigenvalue weighted by Crippen LogP contribution is 2.28. The zero-order valence-electron chi connectivity index (χ0n) is 10.9. The normalized spacial score (nSPS) is 32.7. The second kappa shape index (κ2) is 6.33. The summed E-state index contributed by atoms with van der Waals surface area (Å²) in [4.78, 5) is 10.3. The number of rotatable bonds is 4. The van der Waals surface area contributed by atoms with Crippen LogP contribution >= 0.6 is 0 Å². The molecule has 5 N–H and O–H groups in total. The molecule has 5 atom stereocenters. The van der Waals surface area contributed by atoms with Crippen molar-refractivity contribution < 1.29 is 30.1 Å². The van der Waals surface area contributed by atoms with Crippen LogP contribution in [0.25, 0.3) is 0 Å². The second-order valence-corrected chi connectivity index (χ2v) is 4.67. The van der Waals surface area contributed by atoms with Crippen molar-refractivity contribution in [1.82, 2.24) is 0 Å². The molecule has 116 valence electrons. The van der Waals surface area contributed by atoms with E-state index < -0.39 is 42.2 Å². The van der Waals surface area contributed by atoms with Gasteiger partial charge in [0.25, 0.3) is 5.69 Å². The minimum Gasteiger partial charge on any atom is -0.394 e. The van der Waals surface area contributed by atoms with E-state index in [1.807, 2.05) is 0 Å². The fraction of sp³-hybridized carbons (Fsp3) is 0.500. The summed E-state index contributed by atoms with van der Waals surface area (Å²) in [5, 5.41) is 51.8. The molecule has 0 spiro atoms. The van der Waals surface area contributed by atoms with Crippen molar-refractivity contribution in [3.05, 3.63) is 34.4 Å². The first-order valence-corrected chi connectivity index (χ1v) is 6.26. The van der Waals surface area contributed by atoms with Crippen molar-refractivity contribution in [3.63, 3.8) is 0 Å². The van der Waals surface area contributed by atoms with Gasteiger partial charge < -0.3 is 30.5 Å². The Kier molecular flexibility index (Phi) is 4.70. The molecule has 1 aliphatic rings. The molecule has 2 rings (SSSR count). The third kappa shape index (κ3) is 3.12. The van der Waals surface area contributed by atoms with Crippen LogP contribution in [0.4, 0.5) is 11.4 Å². The number of para-hydroxylation sites is 2. The third-order valence-electron chi connectivity index (χ3n) is 3.29. The van der Waals surface area contributed by atoms with Gasteiger partial charge in [-0.25, -0.2) is 0 Å². The fourth-order valence-electron chi connectivity index (χ4n) is 2.13. The van der Waals surface area contributed by atoms with Crippen LogP contribution in [0.2, 0.25) is 0 Å². The van der Waals surface area contributed by atoms with E-state index in [-0.39, 0.29) is 11.4 Å². The molecule has 0 radical (unpaired) electrons. The van der Waals surface area contributed by atoms with Gasteiger partial charge in [0.1, 0.15) is 30.1 Å². The Morgan fingerprint density at radius 2 is 1.86 bits per heavy atom. The number of aliphatic hydroxyl groups excluding tert-OH is 4. The molecular weight excluding hydrogens is 284 g/mol. The molecule has 0 unspecified atom stereocenters. The third-order valence-corrected chi connectivity index (χ3v) is 3.29. The molecule has 9 nitrogen and oxygen atoms in total. The summed E-state index contributed by atoms with van der Waals surface area (Å²) < 4.78 is 5.23. The number of nitro benzene ring substituents is 1. The van der Waals surface area contributed by atoms with Crippen molar-refractivity contribution >= 4 is 11.4 Å². The van der Waals surface area contributed by atoms with E-state index in [1.165, 1.54) is 18.2 Å². The van der Waals surface area contributed by atoms with Crippen LogP contribution in [-0.2, 0) is 4.74 Å². The average Bonchev–Trinajstić information content (AvgIpc) is 2.48. The van der Waals surface area contributed by atoms with Gasteiger partial charge in [0.05, 0.1) is 11.5 Å². The number of nitrogens with one attached hydrogen (secondary N) is 1. The largest absolute Gasteiger partial charge is 0.394 e. The number of hydrogen-bond donors (Lipinski definition) is 5. The number of benzene rings is 1. The molecule has 0 saturated carbocycles. The first kappa shape index (κ1) is 15.6. The van der Waals surface area contributed by atoms with Crippen molar-refractivity contribution in [2.24, 2.45) is 0 Å². The van der Waals surface area contributed by atoms with Crippen LogP contribution in [0.15, 0.2) is 24.3 Å². The van der Waals surface area contributed by atoms with Crippen LogP contribution < -0.4 is 5.32 Å². The predicted octanol–water partition coefficient (Wildman–Crippen LogP) is -1.19. The quantitative estimate of drug-likeness (QED) is 0.344. The van der Waals surface area contributed by atoms with E-state index >= 15 is 0 Å². The van der Waals surface area contributed by atoms with Gasteiger partial charge in [-0.15, -0.1) is 0 Å². The Balaban J connectivity index is 2.20. The zero-order valence-corrected chi connectivity index (χ0v) is 10.9. The molecule has 1 aromatic rings. The Morgan fingerprint density at radius 1 is 1.19 bits per heavy atom. The minimum absolute atomic E-state index is 0.0897. The fourth-order valence-corrected chi connectivity index (χ4v) is 2.13. The minimum atomic E-state index is -1.55. The van der Waals surface area contributed by atoms with Crippen molar-refractivity contribution in [2.45, 2.75) is 30.6 Å². The molecule has 1 aromatic carbocycles. The molecule has 9 heteroatoms. The van der Waals surface area contributed by atoms with Gasteiger partial charge in [-0.1, -0.05) is 12.1 Å². The molecule has 0 amide bonds. The lowest BCUT2D eigenvalue weighted by molar-refractivity contribution is -0.384. The van der Waals surface area contributed by atoms with Crippen LogP contribution in [0.5, 0.6) is 0 Å². The van der Waals surface area contributed by atoms with Crippen LogP contribution in [0.3, 0.4) is 0 Å². The summed E-state index contributed by atoms with van der Waals surface area (Å²) in [6.07, 6.45) is -6.82. The number of nitro groups is 1. The first-order chi connectivity index (χ1) is 9.95. The summed E-state index contributed by atoms with van der Waals surface area (Å²) in [5.74, 6) is 0. The number of hydrogen-bond acceptors (Lipinski definition) is 8. The van der Waals surface area contributed by atoms with E-state index in [0.717, 1.165) is 0 Å². The van der Waals surface area contributed by atoms with Crippen molar-refractivity contribution in [2.75, 3.05) is 11.9 Å². The molecular formula is C12H16N2O7. The molecule has 1 saturated heterocycles. The highest BCUT2D eigenvalue weighted by molar-refractivity contribution is 5.61. The Hall–Kier alpha value is -1.78. The average molecular weight is 300 g/mol. The predicted molar refractivity (Wildman–Crippen MR) is 70.5 cm³/mol. The van der Waals surface area contributed by atoms with Crippen molar-refractivity contribution in [1.29, 1.82) is 0 Å². The van der Waals surface area contributed by atoms with Gasteiger partial charge in [0, 0.05) is 6.07 Å². The highest BCUT2D eigenvalue weighted by atomic mass is 16.6. The first-order valence-electron chi connectivity index (χ1n) is 6.26. The van der Waals surface area contributed by atoms with Gasteiger partial charge in [-0.3, -0.25) is 10.1 Å². The Bertz CT molecular complexity index is 510. The number of aliphatic hydroxyl groups is 4. The maximum absolute atomic E-state index is 10.9. The summed E-state index contributed by atoms with van der Waals surface area (Å²) >= 11 is 0. The van der Waals surface area contributed by atoms with Crippen LogP contribution in [0.1, 0.15) is 0 Å². The number of ether oxygens (including phenoxy) is 1. The molecule has 0 bridgehead atoms. The number of anilines is 1. The van der Waals surface area contributed by atoms with Crippen LogP contribution in [-0.4, -0.2) is 62.6 Å². The van der Waals surface area contributed by atoms with E-state index in [0.29, 0.717) is 0 Å². The van der Waals surface area contributed by atoms with Gasteiger partial charge in [-0.05, 0) is 6.07 Å². The highest BCUT2D eigenvalue weighted by Gasteiger charge is 2.43. The van der Waals surface area contributed by atoms with Gasteiger partial charge in [0.2, 0.25) is 0 Å². The van der Waals surface area contributed by atoms with E-state index in [9.17, 15) is 25.4 Å². The monoisotopic (exact) mass is 300 g/mol. The lowest BCUT2D eigenvalue weighted by atomic mass is 9.98. The van der Waals surface area contributed by atoms with E-state index in [1.54, 1.807) is 6.07 Å². The van der Waals surface area contributed by atoms with E-state index in [4.69, 9.17) is 9.84 Å². The molecule has 0 aromatic heterocycles. The maximum Gasteiger partial charge on any atom is 0.292 e. The van der Waals surface area contributed by atoms with Crippen LogP contribution in [0, 0.1) is 10.1 Å². The molecule has 21 heavy (non-hydrogen) atoms. The lowest BCUT2D eigenvalue weighted by Gasteiger charge is -2.40. The second-order valence-electron chi connectivity index (χ2n) is 4.67. The standard InChI is InChI=1S/C12H16N2O7/c15-5-8-9(16)10(17)11(18)12(21-8)13-6-3-1-2-4-7(6)14(19)20/h1-4,8-13,15-18H,5H2/t8-,9+,10-,11-,12-/m1/s1. The smallest absolute Gasteiger partial charge is 0.292 e. The molecule has 1 aliphatic heterocycles. The van der Waals surface area contributed by atoms with Gasteiger partial charge in [0.15, 0.2) is 6.23 Å². The van der Waals surface area contributed by atoms with Gasteiger partial charge in [-0.2, -0.15) is 0 Å². The summed E-state index contributed by atoms with van der Waals surface area (Å²) in [7, 11) is 0. The SMILES string of the molecule is O=[N+]([O-])c1ccccc1N[C@@H]1O[C@H](CO)[C@H](O)[C@@H](O)[C@H]1O. The summed E-state index contributed by atoms with van der Waals surface area (Å²) in [5.41, 5.74) is -0.138. The molecule has 1 fully saturated rings. The maximum atomic E-state index is 10.9. The lowest BCUT2D eigenvalue weighted by Crippen LogP contribution is -2.60. The van der Waals surface area contributed by atoms with E-state index in [2.05, 4.69) is 5.32 Å². The summed E-state index contributed by atoms with van der Waals surface area (Å²) in [6.45, 7) is -0.569. The summed E-state index contributed by atoms with van der Waals surface area (Å²) in [6, 6.07) is 5.72. The molecule has 1 heterocycles.